The fourth-order valence-electron chi connectivity index (χ4n) is 5.31. The van der Waals surface area contributed by atoms with Crippen LogP contribution in [0.1, 0.15) is 23.6 Å². The average Bonchev–Trinajstić information content (AvgIpc) is 3.32. The number of carbonyl (C=O) groups is 3. The van der Waals surface area contributed by atoms with Crippen LogP contribution in [-0.2, 0) is 26.5 Å². The molecular weight excluding hydrogens is 401 g/mol. The Morgan fingerprint density at radius 2 is 1.84 bits per heavy atom. The number of aryl methyl sites for hydroxylation is 1. The predicted molar refractivity (Wildman–Crippen MR) is 109 cm³/mol. The lowest BCUT2D eigenvalue weighted by Crippen LogP contribution is -2.54. The molecule has 7 nitrogen and oxygen atoms in total. The largest absolute Gasteiger partial charge is 0.392 e. The van der Waals surface area contributed by atoms with E-state index >= 15 is 0 Å². The molecule has 3 heterocycles. The monoisotopic (exact) mass is 423 g/mol. The van der Waals surface area contributed by atoms with Gasteiger partial charge < -0.3 is 10.4 Å². The second kappa shape index (κ2) is 6.70. The Kier molecular flexibility index (Phi) is 4.29. The van der Waals surface area contributed by atoms with Crippen LogP contribution in [0, 0.1) is 24.6 Å². The van der Waals surface area contributed by atoms with Crippen molar-refractivity contribution >= 4 is 23.4 Å². The van der Waals surface area contributed by atoms with Crippen molar-refractivity contribution in [3.63, 3.8) is 0 Å². The first kappa shape index (κ1) is 19.8. The number of carbonyl (C=O) groups excluding carboxylic acids is 3. The molecule has 0 bridgehead atoms. The summed E-state index contributed by atoms with van der Waals surface area (Å²) in [6, 6.07) is 10.3. The number of fused-ring (bicyclic) bond motifs is 4. The van der Waals surface area contributed by atoms with Gasteiger partial charge >= 0.3 is 0 Å². The minimum Gasteiger partial charge on any atom is -0.392 e. The minimum absolute atomic E-state index is 0.0180. The Bertz CT molecular complexity index is 1120. The highest BCUT2D eigenvalue weighted by Crippen LogP contribution is 2.54. The number of para-hydroxylation sites is 1. The van der Waals surface area contributed by atoms with Crippen LogP contribution in [0.5, 0.6) is 0 Å². The Hall–Kier alpha value is -3.10. The van der Waals surface area contributed by atoms with E-state index in [1.807, 2.05) is 13.0 Å². The van der Waals surface area contributed by atoms with E-state index in [9.17, 15) is 23.9 Å². The zero-order chi connectivity index (χ0) is 22.1. The fourth-order valence-corrected chi connectivity index (χ4v) is 5.31. The SMILES string of the molecule is Cc1cccc2c1NC(=O)C21NC(C(C)O)C2C(=O)N(Cc3ccc(F)cc3)C(=O)C21. The number of rotatable bonds is 3. The van der Waals surface area contributed by atoms with Crippen molar-refractivity contribution in [3.05, 3.63) is 65.0 Å². The Morgan fingerprint density at radius 3 is 2.52 bits per heavy atom. The lowest BCUT2D eigenvalue weighted by Gasteiger charge is -2.30. The quantitative estimate of drug-likeness (QED) is 0.649. The number of anilines is 1. The zero-order valence-corrected chi connectivity index (χ0v) is 17.1. The number of halogens is 1. The first-order valence-corrected chi connectivity index (χ1v) is 10.2. The van der Waals surface area contributed by atoms with Crippen molar-refractivity contribution in [3.8, 4) is 0 Å². The third-order valence-electron chi connectivity index (χ3n) is 6.76. The van der Waals surface area contributed by atoms with Gasteiger partial charge in [0.2, 0.25) is 17.7 Å². The molecule has 31 heavy (non-hydrogen) atoms. The molecule has 3 N–H and O–H groups in total. The van der Waals surface area contributed by atoms with Gasteiger partial charge in [0.1, 0.15) is 11.4 Å². The van der Waals surface area contributed by atoms with Gasteiger partial charge in [0, 0.05) is 17.3 Å². The zero-order valence-electron chi connectivity index (χ0n) is 17.1. The van der Waals surface area contributed by atoms with Gasteiger partial charge in [-0.1, -0.05) is 30.3 Å². The molecule has 0 aliphatic carbocycles. The summed E-state index contributed by atoms with van der Waals surface area (Å²) in [7, 11) is 0. The van der Waals surface area contributed by atoms with E-state index in [1.165, 1.54) is 31.2 Å². The molecular formula is C23H22FN3O4. The number of likely N-dealkylation sites (tertiary alicyclic amines) is 1. The number of aliphatic hydroxyl groups excluding tert-OH is 1. The number of benzene rings is 2. The highest BCUT2D eigenvalue weighted by Gasteiger charge is 2.71. The van der Waals surface area contributed by atoms with Crippen LogP contribution in [-0.4, -0.2) is 39.9 Å². The Labute approximate surface area is 178 Å². The first-order chi connectivity index (χ1) is 14.8. The number of amides is 3. The predicted octanol–water partition coefficient (Wildman–Crippen LogP) is 1.44. The maximum atomic E-state index is 13.6. The van der Waals surface area contributed by atoms with E-state index in [2.05, 4.69) is 10.6 Å². The molecule has 2 aromatic carbocycles. The normalized spacial score (nSPS) is 30.0. The van der Waals surface area contributed by atoms with Gasteiger partial charge in [0.05, 0.1) is 24.5 Å². The molecule has 5 rings (SSSR count). The molecule has 3 amide bonds. The molecule has 3 aliphatic heterocycles. The van der Waals surface area contributed by atoms with E-state index in [0.717, 1.165) is 10.5 Å². The number of hydrogen-bond donors (Lipinski definition) is 3. The highest BCUT2D eigenvalue weighted by atomic mass is 19.1. The Balaban J connectivity index is 1.61. The highest BCUT2D eigenvalue weighted by molar-refractivity contribution is 6.15. The standard InChI is InChI=1S/C23H22FN3O4/c1-11-4-3-5-15-18(11)25-22(31)23(15)17-16(19(26-23)12(2)28)20(29)27(21(17)30)10-13-6-8-14(24)9-7-13/h3-9,12,16-17,19,26,28H,10H2,1-2H3,(H,25,31). The maximum absolute atomic E-state index is 13.6. The molecule has 0 saturated carbocycles. The number of nitrogens with zero attached hydrogens (tertiary/aromatic N) is 1. The van der Waals surface area contributed by atoms with E-state index in [1.54, 1.807) is 12.1 Å². The van der Waals surface area contributed by atoms with Crippen LogP contribution < -0.4 is 10.6 Å². The second-order valence-corrected chi connectivity index (χ2v) is 8.56. The maximum Gasteiger partial charge on any atom is 0.250 e. The van der Waals surface area contributed by atoms with Crippen molar-refractivity contribution in [2.24, 2.45) is 11.8 Å². The number of hydrogen-bond acceptors (Lipinski definition) is 5. The third-order valence-corrected chi connectivity index (χ3v) is 6.76. The van der Waals surface area contributed by atoms with E-state index in [-0.39, 0.29) is 6.54 Å². The first-order valence-electron chi connectivity index (χ1n) is 10.2. The molecule has 3 aliphatic rings. The summed E-state index contributed by atoms with van der Waals surface area (Å²) in [5, 5.41) is 16.5. The number of aliphatic hydroxyl groups is 1. The van der Waals surface area contributed by atoms with Crippen LogP contribution in [0.2, 0.25) is 0 Å². The summed E-state index contributed by atoms with van der Waals surface area (Å²) in [6.45, 7) is 3.38. The smallest absolute Gasteiger partial charge is 0.250 e. The average molecular weight is 423 g/mol. The van der Waals surface area contributed by atoms with Gasteiger partial charge in [-0.15, -0.1) is 0 Å². The van der Waals surface area contributed by atoms with Gasteiger partial charge in [-0.25, -0.2) is 4.39 Å². The van der Waals surface area contributed by atoms with Crippen LogP contribution in [0.15, 0.2) is 42.5 Å². The summed E-state index contributed by atoms with van der Waals surface area (Å²) >= 11 is 0. The molecule has 2 saturated heterocycles. The van der Waals surface area contributed by atoms with E-state index in [0.29, 0.717) is 16.8 Å². The van der Waals surface area contributed by atoms with E-state index in [4.69, 9.17) is 0 Å². The van der Waals surface area contributed by atoms with Crippen LogP contribution >= 0.6 is 0 Å². The molecule has 1 spiro atoms. The van der Waals surface area contributed by atoms with Crippen LogP contribution in [0.3, 0.4) is 0 Å². The van der Waals surface area contributed by atoms with Gasteiger partial charge in [0.15, 0.2) is 0 Å². The fraction of sp³-hybridized carbons (Fsp3) is 0.348. The topological polar surface area (TPSA) is 98.7 Å². The van der Waals surface area contributed by atoms with Crippen LogP contribution in [0.4, 0.5) is 10.1 Å². The third kappa shape index (κ3) is 2.61. The van der Waals surface area contributed by atoms with Gasteiger partial charge in [0.25, 0.3) is 0 Å². The van der Waals surface area contributed by atoms with Gasteiger partial charge in [-0.3, -0.25) is 24.6 Å². The summed E-state index contributed by atoms with van der Waals surface area (Å²) in [5.74, 6) is -3.59. The van der Waals surface area contributed by atoms with Crippen molar-refractivity contribution < 1.29 is 23.9 Å². The number of imide groups is 1. The van der Waals surface area contributed by atoms with Crippen LogP contribution in [0.25, 0.3) is 0 Å². The lowest BCUT2D eigenvalue weighted by atomic mass is 9.76. The van der Waals surface area contributed by atoms with Crippen molar-refractivity contribution in [2.45, 2.75) is 38.1 Å². The van der Waals surface area contributed by atoms with Crippen molar-refractivity contribution in [1.29, 1.82) is 0 Å². The van der Waals surface area contributed by atoms with Gasteiger partial charge in [-0.05, 0) is 37.1 Å². The van der Waals surface area contributed by atoms with Gasteiger partial charge in [-0.2, -0.15) is 0 Å². The lowest BCUT2D eigenvalue weighted by molar-refractivity contribution is -0.143. The molecule has 160 valence electrons. The molecule has 8 heteroatoms. The second-order valence-electron chi connectivity index (χ2n) is 8.56. The minimum atomic E-state index is -1.43. The molecule has 5 unspecified atom stereocenters. The summed E-state index contributed by atoms with van der Waals surface area (Å²) in [6.07, 6.45) is -0.962. The molecule has 0 radical (unpaired) electrons. The Morgan fingerprint density at radius 1 is 1.13 bits per heavy atom. The molecule has 0 aromatic heterocycles. The van der Waals surface area contributed by atoms with Crippen molar-refractivity contribution in [2.75, 3.05) is 5.32 Å². The molecule has 2 fully saturated rings. The van der Waals surface area contributed by atoms with E-state index < -0.39 is 53.1 Å². The summed E-state index contributed by atoms with van der Waals surface area (Å²) in [4.78, 5) is 41.3. The number of nitrogens with one attached hydrogen (secondary N) is 2. The molecule has 5 atom stereocenters. The summed E-state index contributed by atoms with van der Waals surface area (Å²) < 4.78 is 13.3. The summed E-state index contributed by atoms with van der Waals surface area (Å²) in [5.41, 5.74) is 1.26. The van der Waals surface area contributed by atoms with Crippen molar-refractivity contribution in [1.82, 2.24) is 10.2 Å². The molecule has 2 aromatic rings.